The summed E-state index contributed by atoms with van der Waals surface area (Å²) in [6.07, 6.45) is 0. The van der Waals surface area contributed by atoms with Crippen LogP contribution in [-0.4, -0.2) is 17.0 Å². The molecule has 5 nitrogen and oxygen atoms in total. The van der Waals surface area contributed by atoms with E-state index in [-0.39, 0.29) is 5.69 Å². The molecule has 0 fully saturated rings. The number of hydrogen-bond donors (Lipinski definition) is 1. The molecule has 0 saturated carbocycles. The Kier molecular flexibility index (Phi) is 3.06. The molecule has 2 aromatic rings. The summed E-state index contributed by atoms with van der Waals surface area (Å²) in [7, 11) is 1.69. The fourth-order valence-corrected chi connectivity index (χ4v) is 2.28. The lowest BCUT2D eigenvalue weighted by Crippen LogP contribution is -1.96. The fraction of sp³-hybridized carbons (Fsp3) is 0.182. The maximum Gasteiger partial charge on any atom is 0.275 e. The molecule has 0 aromatic carbocycles. The van der Waals surface area contributed by atoms with Crippen molar-refractivity contribution in [1.29, 1.82) is 0 Å². The molecular formula is C11H11N3O2S. The van der Waals surface area contributed by atoms with Crippen molar-refractivity contribution in [1.82, 2.24) is 4.98 Å². The van der Waals surface area contributed by atoms with E-state index in [4.69, 9.17) is 0 Å². The monoisotopic (exact) mass is 249 g/mol. The van der Waals surface area contributed by atoms with Crippen molar-refractivity contribution in [2.45, 2.75) is 6.92 Å². The smallest absolute Gasteiger partial charge is 0.275 e. The van der Waals surface area contributed by atoms with Crippen molar-refractivity contribution in [3.05, 3.63) is 39.3 Å². The van der Waals surface area contributed by atoms with Gasteiger partial charge in [-0.3, -0.25) is 10.1 Å². The Morgan fingerprint density at radius 1 is 1.41 bits per heavy atom. The van der Waals surface area contributed by atoms with Gasteiger partial charge in [0.1, 0.15) is 5.82 Å². The van der Waals surface area contributed by atoms with Crippen molar-refractivity contribution in [3.63, 3.8) is 0 Å². The molecule has 0 saturated heterocycles. The van der Waals surface area contributed by atoms with Gasteiger partial charge in [-0.05, 0) is 19.1 Å². The molecule has 88 valence electrons. The second-order valence-corrected chi connectivity index (χ2v) is 4.80. The standard InChI is InChI=1S/C11H11N3O2S/c1-7-3-4-10(17-7)9-5-8(14(15)16)6-11(12-2)13-9/h3-6H,1-2H3,(H,12,13). The van der Waals surface area contributed by atoms with Crippen LogP contribution in [0.3, 0.4) is 0 Å². The number of nitro groups is 1. The number of rotatable bonds is 3. The Morgan fingerprint density at radius 2 is 2.18 bits per heavy atom. The zero-order valence-electron chi connectivity index (χ0n) is 9.43. The highest BCUT2D eigenvalue weighted by atomic mass is 32.1. The number of aromatic nitrogens is 1. The van der Waals surface area contributed by atoms with Gasteiger partial charge in [-0.25, -0.2) is 4.98 Å². The molecule has 17 heavy (non-hydrogen) atoms. The molecule has 0 bridgehead atoms. The highest BCUT2D eigenvalue weighted by Gasteiger charge is 2.12. The molecule has 0 aliphatic carbocycles. The maximum absolute atomic E-state index is 10.8. The summed E-state index contributed by atoms with van der Waals surface area (Å²) in [5.41, 5.74) is 0.673. The summed E-state index contributed by atoms with van der Waals surface area (Å²) in [5, 5.41) is 13.6. The van der Waals surface area contributed by atoms with E-state index in [1.165, 1.54) is 12.1 Å². The van der Waals surface area contributed by atoms with Gasteiger partial charge in [0, 0.05) is 18.0 Å². The van der Waals surface area contributed by atoms with Crippen molar-refractivity contribution < 1.29 is 4.92 Å². The molecule has 6 heteroatoms. The third-order valence-corrected chi connectivity index (χ3v) is 3.29. The van der Waals surface area contributed by atoms with Crippen LogP contribution < -0.4 is 5.32 Å². The molecule has 0 spiro atoms. The van der Waals surface area contributed by atoms with Gasteiger partial charge in [0.15, 0.2) is 0 Å². The molecule has 1 N–H and O–H groups in total. The Labute approximate surface area is 102 Å². The SMILES string of the molecule is CNc1cc([N+](=O)[O-])cc(-c2ccc(C)s2)n1. The van der Waals surface area contributed by atoms with E-state index in [2.05, 4.69) is 10.3 Å². The Balaban J connectivity index is 2.53. The first-order valence-electron chi connectivity index (χ1n) is 5.01. The first-order valence-corrected chi connectivity index (χ1v) is 5.83. The lowest BCUT2D eigenvalue weighted by Gasteiger charge is -2.02. The van der Waals surface area contributed by atoms with Crippen LogP contribution in [0.1, 0.15) is 4.88 Å². The number of nitrogens with zero attached hydrogens (tertiary/aromatic N) is 2. The minimum atomic E-state index is -0.410. The third-order valence-electron chi connectivity index (χ3n) is 2.27. The lowest BCUT2D eigenvalue weighted by molar-refractivity contribution is -0.384. The van der Waals surface area contributed by atoms with Crippen molar-refractivity contribution in [2.24, 2.45) is 0 Å². The third kappa shape index (κ3) is 2.42. The first-order chi connectivity index (χ1) is 8.10. The number of thiophene rings is 1. The normalized spacial score (nSPS) is 10.2. The largest absolute Gasteiger partial charge is 0.373 e. The molecule has 0 aliphatic rings. The summed E-state index contributed by atoms with van der Waals surface area (Å²) in [6, 6.07) is 6.81. The number of aryl methyl sites for hydroxylation is 1. The molecule has 2 aromatic heterocycles. The highest BCUT2D eigenvalue weighted by molar-refractivity contribution is 7.15. The minimum Gasteiger partial charge on any atom is -0.373 e. The number of anilines is 1. The zero-order chi connectivity index (χ0) is 12.4. The molecular weight excluding hydrogens is 238 g/mol. The molecule has 0 aliphatic heterocycles. The van der Waals surface area contributed by atoms with Gasteiger partial charge in [0.25, 0.3) is 5.69 Å². The minimum absolute atomic E-state index is 0.0467. The molecule has 2 rings (SSSR count). The summed E-state index contributed by atoms with van der Waals surface area (Å²) >= 11 is 1.57. The van der Waals surface area contributed by atoms with Crippen LogP contribution in [0.15, 0.2) is 24.3 Å². The Morgan fingerprint density at radius 3 is 2.71 bits per heavy atom. The number of nitrogens with one attached hydrogen (secondary N) is 1. The van der Waals surface area contributed by atoms with Crippen LogP contribution >= 0.6 is 11.3 Å². The van der Waals surface area contributed by atoms with Gasteiger partial charge >= 0.3 is 0 Å². The summed E-state index contributed by atoms with van der Waals surface area (Å²) in [4.78, 5) is 16.8. The van der Waals surface area contributed by atoms with Crippen molar-refractivity contribution >= 4 is 22.8 Å². The van der Waals surface area contributed by atoms with Crippen LogP contribution in [0, 0.1) is 17.0 Å². The van der Waals surface area contributed by atoms with E-state index in [0.717, 1.165) is 9.75 Å². The van der Waals surface area contributed by atoms with Gasteiger partial charge in [0.05, 0.1) is 21.6 Å². The average Bonchev–Trinajstić information content (AvgIpc) is 2.75. The topological polar surface area (TPSA) is 68.1 Å². The van der Waals surface area contributed by atoms with Crippen LogP contribution in [0.2, 0.25) is 0 Å². The Hall–Kier alpha value is -1.95. The van der Waals surface area contributed by atoms with Gasteiger partial charge in [0.2, 0.25) is 0 Å². The second kappa shape index (κ2) is 4.50. The number of pyridine rings is 1. The van der Waals surface area contributed by atoms with E-state index < -0.39 is 4.92 Å². The molecule has 0 unspecified atom stereocenters. The van der Waals surface area contributed by atoms with E-state index in [9.17, 15) is 10.1 Å². The van der Waals surface area contributed by atoms with Crippen molar-refractivity contribution in [3.8, 4) is 10.6 Å². The average molecular weight is 249 g/mol. The molecule has 0 amide bonds. The summed E-state index contributed by atoms with van der Waals surface area (Å²) in [5.74, 6) is 0.500. The van der Waals surface area contributed by atoms with Gasteiger partial charge < -0.3 is 5.32 Å². The van der Waals surface area contributed by atoms with Gasteiger partial charge in [-0.2, -0.15) is 0 Å². The van der Waals surface area contributed by atoms with E-state index >= 15 is 0 Å². The van der Waals surface area contributed by atoms with E-state index in [1.54, 1.807) is 18.4 Å². The van der Waals surface area contributed by atoms with Gasteiger partial charge in [-0.15, -0.1) is 11.3 Å². The molecule has 0 atom stereocenters. The molecule has 2 heterocycles. The van der Waals surface area contributed by atoms with E-state index in [1.807, 2.05) is 19.1 Å². The zero-order valence-corrected chi connectivity index (χ0v) is 10.2. The predicted octanol–water partition coefficient (Wildman–Crippen LogP) is 3.07. The maximum atomic E-state index is 10.8. The van der Waals surface area contributed by atoms with Crippen LogP contribution in [0.4, 0.5) is 11.5 Å². The summed E-state index contributed by atoms with van der Waals surface area (Å²) in [6.45, 7) is 1.99. The summed E-state index contributed by atoms with van der Waals surface area (Å²) < 4.78 is 0. The Bertz CT molecular complexity index is 566. The fourth-order valence-electron chi connectivity index (χ4n) is 1.45. The number of hydrogen-bond acceptors (Lipinski definition) is 5. The quantitative estimate of drug-likeness (QED) is 0.670. The second-order valence-electron chi connectivity index (χ2n) is 3.51. The van der Waals surface area contributed by atoms with Crippen molar-refractivity contribution in [2.75, 3.05) is 12.4 Å². The van der Waals surface area contributed by atoms with Crippen LogP contribution in [-0.2, 0) is 0 Å². The van der Waals surface area contributed by atoms with E-state index in [0.29, 0.717) is 11.5 Å². The van der Waals surface area contributed by atoms with Crippen LogP contribution in [0.25, 0.3) is 10.6 Å². The molecule has 0 radical (unpaired) electrons. The van der Waals surface area contributed by atoms with Crippen LogP contribution in [0.5, 0.6) is 0 Å². The lowest BCUT2D eigenvalue weighted by atomic mass is 10.2. The predicted molar refractivity (Wildman–Crippen MR) is 68.5 cm³/mol. The van der Waals surface area contributed by atoms with Gasteiger partial charge in [-0.1, -0.05) is 0 Å². The highest BCUT2D eigenvalue weighted by Crippen LogP contribution is 2.30. The first kappa shape index (κ1) is 11.5.